The molecule has 0 saturated carbocycles. The molecule has 0 spiro atoms. The molecule has 8 heteroatoms. The van der Waals surface area contributed by atoms with E-state index in [1.807, 2.05) is 0 Å². The molecule has 0 fully saturated rings. The number of benzene rings is 3. The first kappa shape index (κ1) is 19.4. The van der Waals surface area contributed by atoms with Crippen LogP contribution < -0.4 is 5.01 Å². The van der Waals surface area contributed by atoms with Gasteiger partial charge >= 0.3 is 0 Å². The summed E-state index contributed by atoms with van der Waals surface area (Å²) in [5, 5.41) is 5.75. The molecular weight excluding hydrogens is 460 g/mol. The van der Waals surface area contributed by atoms with Gasteiger partial charge in [-0.05, 0) is 60.2 Å². The first-order valence-corrected chi connectivity index (χ1v) is 10.1. The molecule has 1 heterocycles. The highest BCUT2D eigenvalue weighted by molar-refractivity contribution is 9.10. The summed E-state index contributed by atoms with van der Waals surface area (Å²) < 4.78 is 28.1. The Morgan fingerprint density at radius 2 is 1.69 bits per heavy atom. The third-order valence-corrected chi connectivity index (χ3v) is 5.52. The number of halogens is 3. The molecule has 29 heavy (non-hydrogen) atoms. The van der Waals surface area contributed by atoms with Gasteiger partial charge < -0.3 is 0 Å². The summed E-state index contributed by atoms with van der Waals surface area (Å²) in [6.45, 7) is 0. The Bertz CT molecular complexity index is 1210. The van der Waals surface area contributed by atoms with Crippen molar-refractivity contribution in [3.63, 3.8) is 0 Å². The Morgan fingerprint density at radius 3 is 2.41 bits per heavy atom. The number of anilines is 1. The van der Waals surface area contributed by atoms with Gasteiger partial charge in [-0.1, -0.05) is 39.4 Å². The standard InChI is InChI=1S/C21H12BrF2N3OS/c22-15-5-3-14(4-6-15)20(28)27(25-12-13-1-7-16(23)8-2-13)21-26-18-10-9-17(24)11-19(18)29-21/h1-12H/b25-12+. The van der Waals surface area contributed by atoms with E-state index < -0.39 is 5.91 Å². The average molecular weight is 472 g/mol. The van der Waals surface area contributed by atoms with Crippen LogP contribution in [0.2, 0.25) is 0 Å². The van der Waals surface area contributed by atoms with Gasteiger partial charge in [-0.25, -0.2) is 13.8 Å². The fraction of sp³-hybridized carbons (Fsp3) is 0. The zero-order valence-electron chi connectivity index (χ0n) is 14.7. The highest BCUT2D eigenvalue weighted by Gasteiger charge is 2.21. The lowest BCUT2D eigenvalue weighted by atomic mass is 10.2. The van der Waals surface area contributed by atoms with Gasteiger partial charge in [-0.15, -0.1) is 0 Å². The Morgan fingerprint density at radius 1 is 1.00 bits per heavy atom. The molecule has 0 aliphatic carbocycles. The number of thiazole rings is 1. The molecule has 1 amide bonds. The van der Waals surface area contributed by atoms with E-state index in [1.54, 1.807) is 42.5 Å². The third kappa shape index (κ3) is 4.38. The van der Waals surface area contributed by atoms with Crippen molar-refractivity contribution in [3.05, 3.63) is 94.0 Å². The van der Waals surface area contributed by atoms with Gasteiger partial charge in [-0.2, -0.15) is 10.1 Å². The number of hydrogen-bond donors (Lipinski definition) is 0. The Balaban J connectivity index is 1.75. The number of rotatable bonds is 4. The molecule has 1 aromatic heterocycles. The van der Waals surface area contributed by atoms with Crippen molar-refractivity contribution < 1.29 is 13.6 Å². The van der Waals surface area contributed by atoms with Crippen molar-refractivity contribution in [2.75, 3.05) is 5.01 Å². The van der Waals surface area contributed by atoms with Crippen LogP contribution in [0, 0.1) is 11.6 Å². The van der Waals surface area contributed by atoms with Gasteiger partial charge in [0.15, 0.2) is 0 Å². The Kier molecular flexibility index (Phi) is 5.46. The Hall–Kier alpha value is -2.97. The van der Waals surface area contributed by atoms with Crippen molar-refractivity contribution in [1.29, 1.82) is 0 Å². The average Bonchev–Trinajstić information content (AvgIpc) is 3.12. The summed E-state index contributed by atoms with van der Waals surface area (Å²) in [5.41, 5.74) is 1.60. The second-order valence-corrected chi connectivity index (χ2v) is 7.95. The lowest BCUT2D eigenvalue weighted by Gasteiger charge is -2.14. The lowest BCUT2D eigenvalue weighted by Crippen LogP contribution is -2.25. The molecule has 0 unspecified atom stereocenters. The molecule has 4 nitrogen and oxygen atoms in total. The van der Waals surface area contributed by atoms with Gasteiger partial charge in [0, 0.05) is 10.0 Å². The van der Waals surface area contributed by atoms with Crippen LogP contribution >= 0.6 is 27.3 Å². The van der Waals surface area contributed by atoms with Crippen LogP contribution in [0.15, 0.2) is 76.3 Å². The number of hydrogen-bond acceptors (Lipinski definition) is 4. The first-order chi connectivity index (χ1) is 14.0. The van der Waals surface area contributed by atoms with Crippen molar-refractivity contribution in [2.45, 2.75) is 0 Å². The second-order valence-electron chi connectivity index (χ2n) is 6.03. The van der Waals surface area contributed by atoms with Crippen LogP contribution in [0.1, 0.15) is 15.9 Å². The highest BCUT2D eigenvalue weighted by Crippen LogP contribution is 2.30. The normalized spacial score (nSPS) is 11.3. The van der Waals surface area contributed by atoms with Crippen molar-refractivity contribution in [2.24, 2.45) is 5.10 Å². The summed E-state index contributed by atoms with van der Waals surface area (Å²) in [4.78, 5) is 17.5. The quantitative estimate of drug-likeness (QED) is 0.270. The second kappa shape index (κ2) is 8.18. The molecule has 4 rings (SSSR count). The van der Waals surface area contributed by atoms with E-state index in [4.69, 9.17) is 0 Å². The third-order valence-electron chi connectivity index (χ3n) is 4.00. The molecule has 0 radical (unpaired) electrons. The van der Waals surface area contributed by atoms with Crippen molar-refractivity contribution in [3.8, 4) is 0 Å². The predicted octanol–water partition coefficient (Wildman–Crippen LogP) is 6.02. The maximum atomic E-state index is 13.5. The van der Waals surface area contributed by atoms with Gasteiger partial charge in [0.1, 0.15) is 11.6 Å². The molecule has 0 saturated heterocycles. The number of carbonyl (C=O) groups is 1. The first-order valence-electron chi connectivity index (χ1n) is 8.45. The fourth-order valence-electron chi connectivity index (χ4n) is 2.55. The molecular formula is C21H12BrF2N3OS. The van der Waals surface area contributed by atoms with Crippen molar-refractivity contribution >= 4 is 54.7 Å². The summed E-state index contributed by atoms with van der Waals surface area (Å²) >= 11 is 4.50. The van der Waals surface area contributed by atoms with E-state index in [0.29, 0.717) is 26.5 Å². The van der Waals surface area contributed by atoms with Gasteiger partial charge in [-0.3, -0.25) is 4.79 Å². The predicted molar refractivity (Wildman–Crippen MR) is 115 cm³/mol. The summed E-state index contributed by atoms with van der Waals surface area (Å²) in [5.74, 6) is -1.14. The monoisotopic (exact) mass is 471 g/mol. The molecule has 0 bridgehead atoms. The number of aromatic nitrogens is 1. The van der Waals surface area contributed by atoms with E-state index in [0.717, 1.165) is 20.8 Å². The molecule has 3 aromatic carbocycles. The van der Waals surface area contributed by atoms with Gasteiger partial charge in [0.05, 0.1) is 16.4 Å². The minimum Gasteiger partial charge on any atom is -0.267 e. The van der Waals surface area contributed by atoms with E-state index in [2.05, 4.69) is 26.0 Å². The number of fused-ring (bicyclic) bond motifs is 1. The summed E-state index contributed by atoms with van der Waals surface area (Å²) in [7, 11) is 0. The maximum Gasteiger partial charge on any atom is 0.280 e. The number of amides is 1. The smallest absolute Gasteiger partial charge is 0.267 e. The summed E-state index contributed by atoms with van der Waals surface area (Å²) in [6, 6.07) is 16.8. The maximum absolute atomic E-state index is 13.5. The van der Waals surface area contributed by atoms with Crippen LogP contribution in [0.25, 0.3) is 10.2 Å². The molecule has 0 atom stereocenters. The van der Waals surface area contributed by atoms with Gasteiger partial charge in [0.25, 0.3) is 5.91 Å². The lowest BCUT2D eigenvalue weighted by molar-refractivity contribution is 0.0988. The van der Waals surface area contributed by atoms with Crippen LogP contribution in [0.5, 0.6) is 0 Å². The molecule has 0 aliphatic rings. The number of carbonyl (C=O) groups excluding carboxylic acids is 1. The van der Waals surface area contributed by atoms with E-state index in [1.165, 1.54) is 30.5 Å². The van der Waals surface area contributed by atoms with Crippen LogP contribution in [0.3, 0.4) is 0 Å². The van der Waals surface area contributed by atoms with Crippen LogP contribution in [-0.2, 0) is 0 Å². The van der Waals surface area contributed by atoms with Crippen molar-refractivity contribution in [1.82, 2.24) is 4.98 Å². The number of hydrazone groups is 1. The van der Waals surface area contributed by atoms with E-state index in [-0.39, 0.29) is 11.6 Å². The fourth-order valence-corrected chi connectivity index (χ4v) is 3.76. The largest absolute Gasteiger partial charge is 0.280 e. The Labute approximate surface area is 177 Å². The molecule has 4 aromatic rings. The number of nitrogens with zero attached hydrogens (tertiary/aromatic N) is 3. The minimum absolute atomic E-state index is 0.303. The summed E-state index contributed by atoms with van der Waals surface area (Å²) in [6.07, 6.45) is 1.45. The molecule has 144 valence electrons. The van der Waals surface area contributed by atoms with Crippen LogP contribution in [0.4, 0.5) is 13.9 Å². The zero-order chi connectivity index (χ0) is 20.4. The minimum atomic E-state index is -0.393. The van der Waals surface area contributed by atoms with E-state index >= 15 is 0 Å². The highest BCUT2D eigenvalue weighted by atomic mass is 79.9. The van der Waals surface area contributed by atoms with E-state index in [9.17, 15) is 13.6 Å². The van der Waals surface area contributed by atoms with Gasteiger partial charge in [0.2, 0.25) is 5.13 Å². The topological polar surface area (TPSA) is 45.6 Å². The SMILES string of the molecule is O=C(c1ccc(Br)cc1)N(/N=C/c1ccc(F)cc1)c1nc2ccc(F)cc2s1. The van der Waals surface area contributed by atoms with Crippen LogP contribution in [-0.4, -0.2) is 17.1 Å². The molecule has 0 aliphatic heterocycles. The molecule has 0 N–H and O–H groups in total. The zero-order valence-corrected chi connectivity index (χ0v) is 17.1.